The lowest BCUT2D eigenvalue weighted by molar-refractivity contribution is 0.377. The first kappa shape index (κ1) is 10.7. The maximum absolute atomic E-state index is 12.7. The third kappa shape index (κ3) is 2.11. The van der Waals surface area contributed by atoms with E-state index < -0.39 is 15.1 Å². The topological polar surface area (TPSA) is 65.5 Å². The van der Waals surface area contributed by atoms with Crippen molar-refractivity contribution in [2.75, 3.05) is 14.2 Å². The number of nitrogens with zero attached hydrogens (tertiary/aromatic N) is 1. The van der Waals surface area contributed by atoms with E-state index in [1.165, 1.54) is 14.2 Å². The van der Waals surface area contributed by atoms with Crippen LogP contribution in [0, 0.1) is 0 Å². The minimum atomic E-state index is -4.82. The third-order valence-corrected chi connectivity index (χ3v) is 2.34. The van der Waals surface area contributed by atoms with E-state index in [0.29, 0.717) is 0 Å². The maximum atomic E-state index is 12.7. The molecule has 0 atom stereocenters. The van der Waals surface area contributed by atoms with Crippen LogP contribution in [-0.2, 0) is 10.2 Å². The molecule has 78 valence electrons. The van der Waals surface area contributed by atoms with Crippen LogP contribution in [0.25, 0.3) is 0 Å². The number of hydrogen-bond acceptors (Lipinski definition) is 5. The molecule has 0 amide bonds. The highest BCUT2D eigenvalue weighted by molar-refractivity contribution is 7.86. The number of pyridine rings is 1. The molecule has 14 heavy (non-hydrogen) atoms. The second-order valence-corrected chi connectivity index (χ2v) is 3.63. The first-order valence-electron chi connectivity index (χ1n) is 3.51. The SMILES string of the molecule is COc1cc(S(=O)(=O)F)c(OC)cn1. The summed E-state index contributed by atoms with van der Waals surface area (Å²) in [5.41, 5.74) is 0. The van der Waals surface area contributed by atoms with E-state index in [-0.39, 0.29) is 11.6 Å². The van der Waals surface area contributed by atoms with Crippen molar-refractivity contribution in [2.45, 2.75) is 4.90 Å². The van der Waals surface area contributed by atoms with Gasteiger partial charge in [-0.05, 0) is 0 Å². The van der Waals surface area contributed by atoms with Crippen molar-refractivity contribution in [1.82, 2.24) is 4.98 Å². The van der Waals surface area contributed by atoms with E-state index in [1.54, 1.807) is 0 Å². The van der Waals surface area contributed by atoms with E-state index in [2.05, 4.69) is 14.5 Å². The Balaban J connectivity index is 3.37. The monoisotopic (exact) mass is 221 g/mol. The van der Waals surface area contributed by atoms with Crippen LogP contribution < -0.4 is 9.47 Å². The summed E-state index contributed by atoms with van der Waals surface area (Å²) in [5, 5.41) is 0. The van der Waals surface area contributed by atoms with E-state index in [1.807, 2.05) is 0 Å². The summed E-state index contributed by atoms with van der Waals surface area (Å²) in [7, 11) is -2.31. The fourth-order valence-corrected chi connectivity index (χ4v) is 1.48. The minimum absolute atomic E-state index is 0.00188. The lowest BCUT2D eigenvalue weighted by atomic mass is 10.4. The Bertz CT molecular complexity index is 431. The Hall–Kier alpha value is -1.37. The fraction of sp³-hybridized carbons (Fsp3) is 0.286. The van der Waals surface area contributed by atoms with Crippen molar-refractivity contribution in [1.29, 1.82) is 0 Å². The van der Waals surface area contributed by atoms with Gasteiger partial charge < -0.3 is 9.47 Å². The minimum Gasteiger partial charge on any atom is -0.494 e. The summed E-state index contributed by atoms with van der Waals surface area (Å²) in [6.45, 7) is 0. The van der Waals surface area contributed by atoms with Gasteiger partial charge in [0.1, 0.15) is 4.90 Å². The van der Waals surface area contributed by atoms with Gasteiger partial charge in [0.15, 0.2) is 5.75 Å². The van der Waals surface area contributed by atoms with Crippen molar-refractivity contribution < 1.29 is 21.8 Å². The van der Waals surface area contributed by atoms with Gasteiger partial charge in [-0.25, -0.2) is 4.98 Å². The molecule has 7 heteroatoms. The van der Waals surface area contributed by atoms with Gasteiger partial charge in [0.25, 0.3) is 0 Å². The molecule has 0 N–H and O–H groups in total. The molecule has 0 radical (unpaired) electrons. The van der Waals surface area contributed by atoms with Crippen molar-refractivity contribution >= 4 is 10.2 Å². The number of halogens is 1. The highest BCUT2D eigenvalue weighted by atomic mass is 32.3. The molecule has 0 saturated carbocycles. The summed E-state index contributed by atoms with van der Waals surface area (Å²) >= 11 is 0. The highest BCUT2D eigenvalue weighted by Crippen LogP contribution is 2.27. The number of methoxy groups -OCH3 is 2. The van der Waals surface area contributed by atoms with Crippen LogP contribution in [0.5, 0.6) is 11.6 Å². The molecule has 1 heterocycles. The Morgan fingerprint density at radius 3 is 2.43 bits per heavy atom. The first-order chi connectivity index (χ1) is 6.49. The molecular formula is C7H8FNO4S. The normalized spacial score (nSPS) is 11.1. The third-order valence-electron chi connectivity index (χ3n) is 1.50. The van der Waals surface area contributed by atoms with E-state index in [0.717, 1.165) is 12.3 Å². The van der Waals surface area contributed by atoms with Crippen LogP contribution in [0.15, 0.2) is 17.2 Å². The summed E-state index contributed by atoms with van der Waals surface area (Å²) in [5.74, 6) is -0.157. The van der Waals surface area contributed by atoms with Crippen LogP contribution in [0.4, 0.5) is 3.89 Å². The lowest BCUT2D eigenvalue weighted by Gasteiger charge is -2.05. The summed E-state index contributed by atoms with van der Waals surface area (Å²) in [6.07, 6.45) is 1.07. The second kappa shape index (κ2) is 3.79. The van der Waals surface area contributed by atoms with Crippen molar-refractivity contribution in [2.24, 2.45) is 0 Å². The molecule has 1 rings (SSSR count). The van der Waals surface area contributed by atoms with Crippen LogP contribution >= 0.6 is 0 Å². The van der Waals surface area contributed by atoms with Crippen LogP contribution in [0.2, 0.25) is 0 Å². The van der Waals surface area contributed by atoms with Crippen LogP contribution in [-0.4, -0.2) is 27.6 Å². The maximum Gasteiger partial charge on any atom is 0.336 e. The van der Waals surface area contributed by atoms with Gasteiger partial charge in [-0.2, -0.15) is 8.42 Å². The molecule has 1 aromatic rings. The zero-order valence-corrected chi connectivity index (χ0v) is 8.34. The Kier molecular flexibility index (Phi) is 2.90. The number of hydrogen-bond donors (Lipinski definition) is 0. The van der Waals surface area contributed by atoms with Crippen molar-refractivity contribution in [3.63, 3.8) is 0 Å². The molecule has 0 bridgehead atoms. The van der Waals surface area contributed by atoms with Gasteiger partial charge in [0.05, 0.1) is 20.4 Å². The fourth-order valence-electron chi connectivity index (χ4n) is 0.862. The zero-order valence-electron chi connectivity index (χ0n) is 7.52. The average molecular weight is 221 g/mol. The molecule has 1 aromatic heterocycles. The molecule has 0 aliphatic rings. The molecule has 0 aliphatic carbocycles. The lowest BCUT2D eigenvalue weighted by Crippen LogP contribution is -1.99. The van der Waals surface area contributed by atoms with E-state index in [9.17, 15) is 12.3 Å². The molecule has 5 nitrogen and oxygen atoms in total. The Labute approximate surface area is 80.7 Å². The van der Waals surface area contributed by atoms with E-state index in [4.69, 9.17) is 0 Å². The summed E-state index contributed by atoms with van der Waals surface area (Å²) in [6, 6.07) is 0.953. The quantitative estimate of drug-likeness (QED) is 0.705. The summed E-state index contributed by atoms with van der Waals surface area (Å²) in [4.78, 5) is 3.07. The Morgan fingerprint density at radius 1 is 1.36 bits per heavy atom. The summed E-state index contributed by atoms with van der Waals surface area (Å²) < 4.78 is 43.3. The predicted molar refractivity (Wildman–Crippen MR) is 45.6 cm³/mol. The van der Waals surface area contributed by atoms with Gasteiger partial charge in [-0.1, -0.05) is 0 Å². The van der Waals surface area contributed by atoms with Crippen LogP contribution in [0.3, 0.4) is 0 Å². The molecule has 0 aromatic carbocycles. The van der Waals surface area contributed by atoms with Crippen molar-refractivity contribution in [3.05, 3.63) is 12.3 Å². The average Bonchev–Trinajstić information content (AvgIpc) is 2.15. The standard InChI is InChI=1S/C7H8FNO4S/c1-12-5-4-9-7(13-2)3-6(5)14(8,10)11/h3-4H,1-2H3. The van der Waals surface area contributed by atoms with Gasteiger partial charge in [-0.15, -0.1) is 3.89 Å². The second-order valence-electron chi connectivity index (χ2n) is 2.32. The molecule has 0 fully saturated rings. The first-order valence-corrected chi connectivity index (χ1v) is 4.90. The molecular weight excluding hydrogens is 213 g/mol. The molecule has 0 spiro atoms. The molecule has 0 saturated heterocycles. The van der Waals surface area contributed by atoms with Crippen LogP contribution in [0.1, 0.15) is 0 Å². The largest absolute Gasteiger partial charge is 0.494 e. The van der Waals surface area contributed by atoms with Gasteiger partial charge >= 0.3 is 10.2 Å². The number of aromatic nitrogens is 1. The van der Waals surface area contributed by atoms with Gasteiger partial charge in [0.2, 0.25) is 5.88 Å². The van der Waals surface area contributed by atoms with Gasteiger partial charge in [0, 0.05) is 6.07 Å². The van der Waals surface area contributed by atoms with E-state index >= 15 is 0 Å². The van der Waals surface area contributed by atoms with Gasteiger partial charge in [-0.3, -0.25) is 0 Å². The van der Waals surface area contributed by atoms with Crippen molar-refractivity contribution in [3.8, 4) is 11.6 Å². The molecule has 0 aliphatic heterocycles. The smallest absolute Gasteiger partial charge is 0.336 e. The zero-order chi connectivity index (χ0) is 10.8. The predicted octanol–water partition coefficient (Wildman–Crippen LogP) is 0.757. The highest BCUT2D eigenvalue weighted by Gasteiger charge is 2.19. The number of rotatable bonds is 3. The molecule has 0 unspecified atom stereocenters. The number of ether oxygens (including phenoxy) is 2. The Morgan fingerprint density at radius 2 is 2.00 bits per heavy atom.